The van der Waals surface area contributed by atoms with Crippen molar-refractivity contribution in [1.82, 2.24) is 15.2 Å². The predicted octanol–water partition coefficient (Wildman–Crippen LogP) is 2.69. The molecular formula is C19H17N3O4. The first-order valence-corrected chi connectivity index (χ1v) is 8.25. The topological polar surface area (TPSA) is 97.3 Å². The van der Waals surface area contributed by atoms with Gasteiger partial charge in [-0.3, -0.25) is 14.9 Å². The number of nitrogens with one attached hydrogen (secondary N) is 1. The molecule has 4 rings (SSSR count). The summed E-state index contributed by atoms with van der Waals surface area (Å²) in [4.78, 5) is 15.5. The molecule has 1 aliphatic heterocycles. The molecule has 0 saturated heterocycles. The van der Waals surface area contributed by atoms with Crippen molar-refractivity contribution in [2.75, 3.05) is 6.61 Å². The first-order valence-electron chi connectivity index (χ1n) is 8.25. The van der Waals surface area contributed by atoms with Crippen molar-refractivity contribution in [3.05, 3.63) is 59.9 Å². The highest BCUT2D eigenvalue weighted by molar-refractivity contribution is 5.71. The van der Waals surface area contributed by atoms with Crippen molar-refractivity contribution in [1.29, 1.82) is 0 Å². The average Bonchev–Trinajstić information content (AvgIpc) is 3.21. The van der Waals surface area contributed by atoms with Gasteiger partial charge in [-0.2, -0.15) is 5.10 Å². The lowest BCUT2D eigenvalue weighted by atomic mass is 9.95. The number of hydrogen-bond donors (Lipinski definition) is 2. The SMILES string of the molecule is O=C(O)[C@@H]1COc2ccc(COc3ccc(-c4ccn[nH]4)nc3)cc2C1. The smallest absolute Gasteiger partial charge is 0.310 e. The van der Waals surface area contributed by atoms with Crippen molar-refractivity contribution in [3.8, 4) is 22.9 Å². The van der Waals surface area contributed by atoms with Gasteiger partial charge >= 0.3 is 5.97 Å². The van der Waals surface area contributed by atoms with Crippen molar-refractivity contribution >= 4 is 5.97 Å². The lowest BCUT2D eigenvalue weighted by Gasteiger charge is -2.23. The summed E-state index contributed by atoms with van der Waals surface area (Å²) in [5.74, 6) is 0.0705. The summed E-state index contributed by atoms with van der Waals surface area (Å²) in [6.07, 6.45) is 3.81. The standard InChI is InChI=1S/C19H17N3O4/c23-19(24)14-8-13-7-12(1-4-18(13)26-11-14)10-25-15-2-3-16(20-9-15)17-5-6-21-22-17/h1-7,9,14H,8,10-11H2,(H,21,22)(H,23,24)/t14-/m0/s1. The van der Waals surface area contributed by atoms with Crippen LogP contribution in [0.4, 0.5) is 0 Å². The van der Waals surface area contributed by atoms with Crippen LogP contribution in [0, 0.1) is 5.92 Å². The molecule has 26 heavy (non-hydrogen) atoms. The Morgan fingerprint density at radius 1 is 1.31 bits per heavy atom. The molecule has 2 N–H and O–H groups in total. The van der Waals surface area contributed by atoms with Crippen LogP contribution in [0.25, 0.3) is 11.4 Å². The molecule has 0 aliphatic carbocycles. The molecular weight excluding hydrogens is 334 g/mol. The van der Waals surface area contributed by atoms with E-state index < -0.39 is 11.9 Å². The van der Waals surface area contributed by atoms with Crippen LogP contribution in [-0.4, -0.2) is 32.9 Å². The number of carboxylic acid groups (broad SMARTS) is 1. The molecule has 1 atom stereocenters. The highest BCUT2D eigenvalue weighted by Crippen LogP contribution is 2.29. The number of ether oxygens (including phenoxy) is 2. The highest BCUT2D eigenvalue weighted by atomic mass is 16.5. The molecule has 2 aromatic heterocycles. The number of aromatic amines is 1. The quantitative estimate of drug-likeness (QED) is 0.733. The van der Waals surface area contributed by atoms with Gasteiger partial charge in [-0.05, 0) is 47.9 Å². The molecule has 1 aliphatic rings. The van der Waals surface area contributed by atoms with Crippen molar-refractivity contribution in [2.24, 2.45) is 5.92 Å². The van der Waals surface area contributed by atoms with E-state index in [9.17, 15) is 4.79 Å². The molecule has 7 heteroatoms. The lowest BCUT2D eigenvalue weighted by molar-refractivity contribution is -0.143. The zero-order valence-corrected chi connectivity index (χ0v) is 13.9. The summed E-state index contributed by atoms with van der Waals surface area (Å²) in [7, 11) is 0. The number of rotatable bonds is 5. The van der Waals surface area contributed by atoms with Crippen molar-refractivity contribution < 1.29 is 19.4 Å². The van der Waals surface area contributed by atoms with E-state index in [4.69, 9.17) is 14.6 Å². The van der Waals surface area contributed by atoms with Crippen LogP contribution in [0.2, 0.25) is 0 Å². The minimum Gasteiger partial charge on any atom is -0.492 e. The van der Waals surface area contributed by atoms with E-state index in [1.165, 1.54) is 0 Å². The predicted molar refractivity (Wildman–Crippen MR) is 92.9 cm³/mol. The number of fused-ring (bicyclic) bond motifs is 1. The number of carbonyl (C=O) groups is 1. The maximum absolute atomic E-state index is 11.2. The molecule has 1 aromatic carbocycles. The minimum atomic E-state index is -0.833. The van der Waals surface area contributed by atoms with Gasteiger partial charge in [-0.1, -0.05) is 6.07 Å². The van der Waals surface area contributed by atoms with Crippen LogP contribution in [0.15, 0.2) is 48.8 Å². The molecule has 132 valence electrons. The highest BCUT2D eigenvalue weighted by Gasteiger charge is 2.25. The average molecular weight is 351 g/mol. The van der Waals surface area contributed by atoms with E-state index in [-0.39, 0.29) is 6.61 Å². The summed E-state index contributed by atoms with van der Waals surface area (Å²) < 4.78 is 11.3. The maximum atomic E-state index is 11.2. The van der Waals surface area contributed by atoms with Crippen LogP contribution >= 0.6 is 0 Å². The van der Waals surface area contributed by atoms with Crippen LogP contribution in [0.1, 0.15) is 11.1 Å². The number of carboxylic acids is 1. The fourth-order valence-electron chi connectivity index (χ4n) is 2.89. The molecule has 0 amide bonds. The number of aromatic nitrogens is 3. The summed E-state index contributed by atoms with van der Waals surface area (Å²) in [5, 5.41) is 15.9. The van der Waals surface area contributed by atoms with Gasteiger partial charge in [0, 0.05) is 6.20 Å². The number of nitrogens with zero attached hydrogens (tertiary/aromatic N) is 2. The second-order valence-corrected chi connectivity index (χ2v) is 6.13. The zero-order valence-electron chi connectivity index (χ0n) is 13.9. The molecule has 0 bridgehead atoms. The number of aliphatic carboxylic acids is 1. The molecule has 3 aromatic rings. The molecule has 0 fully saturated rings. The number of benzene rings is 1. The first-order chi connectivity index (χ1) is 12.7. The molecule has 0 saturated carbocycles. The summed E-state index contributed by atoms with van der Waals surface area (Å²) >= 11 is 0. The van der Waals surface area contributed by atoms with Gasteiger partial charge < -0.3 is 14.6 Å². The van der Waals surface area contributed by atoms with E-state index >= 15 is 0 Å². The Morgan fingerprint density at radius 2 is 2.23 bits per heavy atom. The van der Waals surface area contributed by atoms with E-state index in [0.29, 0.717) is 18.8 Å². The molecule has 0 radical (unpaired) electrons. The number of H-pyrrole nitrogens is 1. The monoisotopic (exact) mass is 351 g/mol. The van der Waals surface area contributed by atoms with Crippen molar-refractivity contribution in [2.45, 2.75) is 13.0 Å². The van der Waals surface area contributed by atoms with Gasteiger partial charge in [-0.15, -0.1) is 0 Å². The van der Waals surface area contributed by atoms with E-state index in [1.807, 2.05) is 36.4 Å². The fraction of sp³-hybridized carbons (Fsp3) is 0.211. The van der Waals surface area contributed by atoms with Crippen LogP contribution in [-0.2, 0) is 17.8 Å². The Balaban J connectivity index is 1.42. The Bertz CT molecular complexity index is 907. The van der Waals surface area contributed by atoms with Gasteiger partial charge in [0.15, 0.2) is 0 Å². The van der Waals surface area contributed by atoms with Gasteiger partial charge in [-0.25, -0.2) is 0 Å². The maximum Gasteiger partial charge on any atom is 0.310 e. The van der Waals surface area contributed by atoms with Gasteiger partial charge in [0.2, 0.25) is 0 Å². The minimum absolute atomic E-state index is 0.215. The Morgan fingerprint density at radius 3 is 2.96 bits per heavy atom. The molecule has 7 nitrogen and oxygen atoms in total. The first kappa shape index (κ1) is 16.1. The van der Waals surface area contributed by atoms with Gasteiger partial charge in [0.1, 0.15) is 24.7 Å². The van der Waals surface area contributed by atoms with Crippen LogP contribution in [0.5, 0.6) is 11.5 Å². The largest absolute Gasteiger partial charge is 0.492 e. The third-order valence-electron chi connectivity index (χ3n) is 4.30. The Labute approximate surface area is 149 Å². The summed E-state index contributed by atoms with van der Waals surface area (Å²) in [6.45, 7) is 0.586. The zero-order chi connectivity index (χ0) is 17.9. The van der Waals surface area contributed by atoms with Crippen LogP contribution in [0.3, 0.4) is 0 Å². The van der Waals surface area contributed by atoms with Gasteiger partial charge in [0.25, 0.3) is 0 Å². The van der Waals surface area contributed by atoms with Crippen molar-refractivity contribution in [3.63, 3.8) is 0 Å². The van der Waals surface area contributed by atoms with Crippen LogP contribution < -0.4 is 9.47 Å². The summed E-state index contributed by atoms with van der Waals surface area (Å²) in [5.41, 5.74) is 3.49. The Kier molecular flexibility index (Phi) is 4.27. The number of hydrogen-bond acceptors (Lipinski definition) is 5. The summed E-state index contributed by atoms with van der Waals surface area (Å²) in [6, 6.07) is 11.3. The van der Waals surface area contributed by atoms with Gasteiger partial charge in [0.05, 0.1) is 23.5 Å². The normalized spacial score (nSPS) is 15.8. The number of pyridine rings is 1. The van der Waals surface area contributed by atoms with E-state index in [1.54, 1.807) is 12.4 Å². The second kappa shape index (κ2) is 6.87. The third kappa shape index (κ3) is 3.37. The Hall–Kier alpha value is -3.35. The fourth-order valence-corrected chi connectivity index (χ4v) is 2.89. The van der Waals surface area contributed by atoms with E-state index in [0.717, 1.165) is 28.3 Å². The molecule has 0 unspecified atom stereocenters. The molecule has 0 spiro atoms. The third-order valence-corrected chi connectivity index (χ3v) is 4.30. The van der Waals surface area contributed by atoms with E-state index in [2.05, 4.69) is 15.2 Å². The second-order valence-electron chi connectivity index (χ2n) is 6.13. The molecule has 3 heterocycles. The lowest BCUT2D eigenvalue weighted by Crippen LogP contribution is -2.27.